The number of aromatic carboxylic acids is 1. The lowest BCUT2D eigenvalue weighted by atomic mass is 10.0. The zero-order valence-corrected chi connectivity index (χ0v) is 13.3. The van der Waals surface area contributed by atoms with Crippen molar-refractivity contribution in [2.75, 3.05) is 14.1 Å². The van der Waals surface area contributed by atoms with E-state index in [-0.39, 0.29) is 11.1 Å². The maximum absolute atomic E-state index is 11.4. The highest BCUT2D eigenvalue weighted by Crippen LogP contribution is 2.24. The summed E-state index contributed by atoms with van der Waals surface area (Å²) in [5.41, 5.74) is 1.69. The number of carboxylic acids is 1. The average molecular weight is 289 g/mol. The van der Waals surface area contributed by atoms with Gasteiger partial charge < -0.3 is 14.6 Å². The zero-order chi connectivity index (χ0) is 15.8. The molecule has 0 aliphatic heterocycles. The summed E-state index contributed by atoms with van der Waals surface area (Å²) < 4.78 is 2.14. The van der Waals surface area contributed by atoms with Crippen LogP contribution in [0.1, 0.15) is 37.0 Å². The summed E-state index contributed by atoms with van der Waals surface area (Å²) in [7, 11) is 4.10. The van der Waals surface area contributed by atoms with Crippen LogP contribution in [0.25, 0.3) is 11.0 Å². The molecule has 1 aromatic carbocycles. The lowest BCUT2D eigenvalue weighted by Gasteiger charge is -2.33. The molecule has 0 saturated carbocycles. The maximum atomic E-state index is 11.4. The van der Waals surface area contributed by atoms with Crippen LogP contribution in [0.4, 0.5) is 0 Å². The summed E-state index contributed by atoms with van der Waals surface area (Å²) in [5, 5.41) is 9.32. The molecular formula is C16H23N3O2. The molecule has 0 bridgehead atoms. The molecule has 21 heavy (non-hydrogen) atoms. The molecule has 114 valence electrons. The highest BCUT2D eigenvalue weighted by atomic mass is 16.4. The summed E-state index contributed by atoms with van der Waals surface area (Å²) in [6.07, 6.45) is 0.775. The van der Waals surface area contributed by atoms with Gasteiger partial charge in [-0.2, -0.15) is 0 Å². The maximum Gasteiger partial charge on any atom is 0.337 e. The van der Waals surface area contributed by atoms with Crippen LogP contribution in [-0.2, 0) is 13.0 Å². The number of carbonyl (C=O) groups is 1. The smallest absolute Gasteiger partial charge is 0.337 e. The number of benzene rings is 1. The van der Waals surface area contributed by atoms with Crippen molar-refractivity contribution in [3.05, 3.63) is 29.6 Å². The van der Waals surface area contributed by atoms with E-state index in [0.717, 1.165) is 24.3 Å². The molecule has 0 radical (unpaired) electrons. The molecule has 0 amide bonds. The number of aryl methyl sites for hydroxylation is 1. The predicted molar refractivity (Wildman–Crippen MR) is 83.8 cm³/mol. The molecule has 5 nitrogen and oxygen atoms in total. The topological polar surface area (TPSA) is 58.4 Å². The highest BCUT2D eigenvalue weighted by Gasteiger charge is 2.24. The van der Waals surface area contributed by atoms with Crippen molar-refractivity contribution in [3.8, 4) is 0 Å². The van der Waals surface area contributed by atoms with E-state index in [9.17, 15) is 9.90 Å². The molecule has 2 aromatic rings. The third kappa shape index (κ3) is 2.78. The standard InChI is InChI=1S/C16H23N3O2/c1-6-13-17-14-11(15(20)21)8-7-9-12(14)19(13)10-16(2,3)18(4)5/h7-9H,6,10H2,1-5H3,(H,20,21). The third-order valence-corrected chi connectivity index (χ3v) is 4.16. The van der Waals surface area contributed by atoms with Gasteiger partial charge in [-0.3, -0.25) is 0 Å². The number of para-hydroxylation sites is 1. The monoisotopic (exact) mass is 289 g/mol. The van der Waals surface area contributed by atoms with E-state index in [4.69, 9.17) is 0 Å². The first-order chi connectivity index (χ1) is 9.77. The number of fused-ring (bicyclic) bond motifs is 1. The van der Waals surface area contributed by atoms with Gasteiger partial charge >= 0.3 is 5.97 Å². The molecular weight excluding hydrogens is 266 g/mol. The Hall–Kier alpha value is -1.88. The third-order valence-electron chi connectivity index (χ3n) is 4.16. The molecule has 0 aliphatic rings. The van der Waals surface area contributed by atoms with Gasteiger partial charge in [0.2, 0.25) is 0 Å². The number of aromatic nitrogens is 2. The van der Waals surface area contributed by atoms with E-state index >= 15 is 0 Å². The summed E-state index contributed by atoms with van der Waals surface area (Å²) in [5.74, 6) is -0.00611. The van der Waals surface area contributed by atoms with Gasteiger partial charge in [0, 0.05) is 18.5 Å². The van der Waals surface area contributed by atoms with E-state index in [2.05, 4.69) is 28.3 Å². The molecule has 0 aliphatic carbocycles. The van der Waals surface area contributed by atoms with Crippen LogP contribution in [0.2, 0.25) is 0 Å². The van der Waals surface area contributed by atoms with Crippen molar-refractivity contribution in [2.24, 2.45) is 0 Å². The number of hydrogen-bond acceptors (Lipinski definition) is 3. The van der Waals surface area contributed by atoms with Gasteiger partial charge in [0.05, 0.1) is 11.1 Å². The minimum Gasteiger partial charge on any atom is -0.478 e. The fourth-order valence-corrected chi connectivity index (χ4v) is 2.34. The number of imidazole rings is 1. The molecule has 5 heteroatoms. The largest absolute Gasteiger partial charge is 0.478 e. The molecule has 1 N–H and O–H groups in total. The van der Waals surface area contributed by atoms with E-state index < -0.39 is 5.97 Å². The summed E-state index contributed by atoms with van der Waals surface area (Å²) in [6, 6.07) is 5.34. The second kappa shape index (κ2) is 5.48. The second-order valence-electron chi connectivity index (χ2n) is 6.15. The van der Waals surface area contributed by atoms with E-state index in [1.807, 2.05) is 27.1 Å². The van der Waals surface area contributed by atoms with Crippen molar-refractivity contribution in [3.63, 3.8) is 0 Å². The summed E-state index contributed by atoms with van der Waals surface area (Å²) in [4.78, 5) is 18.1. The molecule has 2 rings (SSSR count). The van der Waals surface area contributed by atoms with Gasteiger partial charge in [0.25, 0.3) is 0 Å². The minimum absolute atomic E-state index is 0.0449. The number of nitrogens with zero attached hydrogens (tertiary/aromatic N) is 3. The summed E-state index contributed by atoms with van der Waals surface area (Å²) in [6.45, 7) is 7.14. The van der Waals surface area contributed by atoms with Crippen molar-refractivity contribution in [1.29, 1.82) is 0 Å². The first kappa shape index (κ1) is 15.5. The Kier molecular flexibility index (Phi) is 4.05. The van der Waals surface area contributed by atoms with Crippen LogP contribution < -0.4 is 0 Å². The Bertz CT molecular complexity index is 671. The Morgan fingerprint density at radius 2 is 2.05 bits per heavy atom. The number of hydrogen-bond donors (Lipinski definition) is 1. The van der Waals surface area contributed by atoms with Crippen LogP contribution in [0.3, 0.4) is 0 Å². The first-order valence-electron chi connectivity index (χ1n) is 7.16. The normalized spacial score (nSPS) is 12.3. The van der Waals surface area contributed by atoms with Gasteiger partial charge in [-0.15, -0.1) is 0 Å². The Morgan fingerprint density at radius 1 is 1.38 bits per heavy atom. The van der Waals surface area contributed by atoms with Gasteiger partial charge in [-0.05, 0) is 40.1 Å². The Labute approximate surface area is 125 Å². The van der Waals surface area contributed by atoms with Crippen molar-refractivity contribution < 1.29 is 9.90 Å². The van der Waals surface area contributed by atoms with Crippen molar-refractivity contribution in [2.45, 2.75) is 39.3 Å². The van der Waals surface area contributed by atoms with Gasteiger partial charge in [-0.1, -0.05) is 13.0 Å². The highest BCUT2D eigenvalue weighted by molar-refractivity contribution is 6.01. The lowest BCUT2D eigenvalue weighted by molar-refractivity contribution is 0.0699. The molecule has 0 fully saturated rings. The molecule has 1 aromatic heterocycles. The van der Waals surface area contributed by atoms with Gasteiger partial charge in [0.1, 0.15) is 11.3 Å². The van der Waals surface area contributed by atoms with E-state index in [1.165, 1.54) is 0 Å². The van der Waals surface area contributed by atoms with Crippen LogP contribution in [-0.4, -0.2) is 45.2 Å². The fourth-order valence-electron chi connectivity index (χ4n) is 2.34. The quantitative estimate of drug-likeness (QED) is 0.919. The summed E-state index contributed by atoms with van der Waals surface area (Å²) >= 11 is 0. The Balaban J connectivity index is 2.63. The Morgan fingerprint density at radius 3 is 2.57 bits per heavy atom. The SMILES string of the molecule is CCc1nc2c(C(=O)O)cccc2n1CC(C)(C)N(C)C. The average Bonchev–Trinajstić information content (AvgIpc) is 2.75. The molecule has 0 unspecified atom stereocenters. The van der Waals surface area contributed by atoms with E-state index in [1.54, 1.807) is 12.1 Å². The predicted octanol–water partition coefficient (Wildman–Crippen LogP) is 2.64. The van der Waals surface area contributed by atoms with Gasteiger partial charge in [0.15, 0.2) is 0 Å². The molecule has 0 saturated heterocycles. The zero-order valence-electron chi connectivity index (χ0n) is 13.3. The van der Waals surface area contributed by atoms with Crippen molar-refractivity contribution >= 4 is 17.0 Å². The van der Waals surface area contributed by atoms with Crippen LogP contribution >= 0.6 is 0 Å². The van der Waals surface area contributed by atoms with Crippen LogP contribution in [0.15, 0.2) is 18.2 Å². The van der Waals surface area contributed by atoms with Gasteiger partial charge in [-0.25, -0.2) is 9.78 Å². The van der Waals surface area contributed by atoms with Crippen LogP contribution in [0.5, 0.6) is 0 Å². The minimum atomic E-state index is -0.931. The molecule has 0 spiro atoms. The number of likely N-dealkylation sites (N-methyl/N-ethyl adjacent to an activating group) is 1. The number of carboxylic acid groups (broad SMARTS) is 1. The van der Waals surface area contributed by atoms with Crippen molar-refractivity contribution in [1.82, 2.24) is 14.5 Å². The molecule has 1 heterocycles. The number of rotatable bonds is 5. The molecule has 0 atom stereocenters. The second-order valence-corrected chi connectivity index (χ2v) is 6.15. The first-order valence-corrected chi connectivity index (χ1v) is 7.16. The van der Waals surface area contributed by atoms with Crippen LogP contribution in [0, 0.1) is 0 Å². The lowest BCUT2D eigenvalue weighted by Crippen LogP contribution is -2.42. The van der Waals surface area contributed by atoms with E-state index in [0.29, 0.717) is 5.52 Å². The fraction of sp³-hybridized carbons (Fsp3) is 0.500.